The third kappa shape index (κ3) is 7.00. The Bertz CT molecular complexity index is 1420. The first-order valence-corrected chi connectivity index (χ1v) is 14.9. The highest BCUT2D eigenvalue weighted by molar-refractivity contribution is 7.99. The summed E-state index contributed by atoms with van der Waals surface area (Å²) >= 11 is 1.65. The minimum Gasteiger partial charge on any atom is -0.497 e. The minimum absolute atomic E-state index is 0.0600. The van der Waals surface area contributed by atoms with Crippen LogP contribution in [0.3, 0.4) is 0 Å². The summed E-state index contributed by atoms with van der Waals surface area (Å²) < 4.78 is 12.7. The molecule has 4 aromatic rings. The Morgan fingerprint density at radius 2 is 1.80 bits per heavy atom. The topological polar surface area (TPSA) is 93.7 Å². The number of hydrogen-bond donors (Lipinski definition) is 0. The van der Waals surface area contributed by atoms with Crippen molar-refractivity contribution >= 4 is 23.6 Å². The van der Waals surface area contributed by atoms with Crippen LogP contribution >= 0.6 is 11.8 Å². The van der Waals surface area contributed by atoms with Gasteiger partial charge in [-0.3, -0.25) is 14.2 Å². The van der Waals surface area contributed by atoms with E-state index in [1.54, 1.807) is 35.9 Å². The summed E-state index contributed by atoms with van der Waals surface area (Å²) in [6.07, 6.45) is 4.34. The number of unbranched alkanes of at least 4 members (excludes halogenated alkanes) is 1. The molecule has 9 nitrogen and oxygen atoms in total. The van der Waals surface area contributed by atoms with Gasteiger partial charge in [-0.25, -0.2) is 0 Å². The number of hydrogen-bond acceptors (Lipinski definition) is 7. The van der Waals surface area contributed by atoms with Crippen molar-refractivity contribution in [3.8, 4) is 11.4 Å². The lowest BCUT2D eigenvalue weighted by atomic mass is 10.1. The molecule has 10 heteroatoms. The highest BCUT2D eigenvalue weighted by atomic mass is 32.2. The molecule has 1 unspecified atom stereocenters. The molecule has 0 N–H and O–H groups in total. The van der Waals surface area contributed by atoms with Crippen molar-refractivity contribution < 1.29 is 18.7 Å². The zero-order chi connectivity index (χ0) is 28.6. The van der Waals surface area contributed by atoms with Gasteiger partial charge in [0, 0.05) is 50.0 Å². The van der Waals surface area contributed by atoms with Crippen LogP contribution in [-0.4, -0.2) is 74.9 Å². The maximum atomic E-state index is 12.9. The Hall–Kier alpha value is -4.05. The number of nitrogens with zero attached hydrogens (tertiary/aromatic N) is 5. The van der Waals surface area contributed by atoms with Gasteiger partial charge >= 0.3 is 0 Å². The first-order valence-electron chi connectivity index (χ1n) is 13.9. The van der Waals surface area contributed by atoms with Crippen molar-refractivity contribution in [1.82, 2.24) is 24.6 Å². The van der Waals surface area contributed by atoms with Crippen LogP contribution < -0.4 is 4.74 Å². The molecule has 3 heterocycles. The number of carbonyl (C=O) groups is 2. The number of amides is 2. The third-order valence-corrected chi connectivity index (χ3v) is 8.24. The van der Waals surface area contributed by atoms with Crippen molar-refractivity contribution in [2.24, 2.45) is 0 Å². The number of piperazine rings is 1. The maximum Gasteiger partial charge on any atom is 0.289 e. The number of ether oxygens (including phenoxy) is 1. The summed E-state index contributed by atoms with van der Waals surface area (Å²) in [5.41, 5.74) is 2.16. The predicted octanol–water partition coefficient (Wildman–Crippen LogP) is 5.10. The van der Waals surface area contributed by atoms with Crippen LogP contribution in [0.15, 0.2) is 82.6 Å². The van der Waals surface area contributed by atoms with Gasteiger partial charge in [-0.05, 0) is 61.7 Å². The molecule has 1 saturated heterocycles. The van der Waals surface area contributed by atoms with Crippen molar-refractivity contribution in [1.29, 1.82) is 0 Å². The van der Waals surface area contributed by atoms with E-state index in [-0.39, 0.29) is 17.9 Å². The van der Waals surface area contributed by atoms with E-state index >= 15 is 0 Å². The molecule has 0 aliphatic carbocycles. The monoisotopic (exact) mass is 573 g/mol. The van der Waals surface area contributed by atoms with E-state index in [9.17, 15) is 9.59 Å². The molecule has 41 heavy (non-hydrogen) atoms. The fourth-order valence-corrected chi connectivity index (χ4v) is 5.97. The van der Waals surface area contributed by atoms with Gasteiger partial charge in [0.1, 0.15) is 11.6 Å². The van der Waals surface area contributed by atoms with Gasteiger partial charge in [0.2, 0.25) is 5.91 Å². The highest BCUT2D eigenvalue weighted by Crippen LogP contribution is 2.26. The van der Waals surface area contributed by atoms with Crippen molar-refractivity contribution in [3.05, 3.63) is 90.1 Å². The molecule has 5 rings (SSSR count). The van der Waals surface area contributed by atoms with Gasteiger partial charge in [-0.15, -0.1) is 10.2 Å². The molecule has 1 fully saturated rings. The number of methoxy groups -OCH3 is 1. The van der Waals surface area contributed by atoms with Gasteiger partial charge in [0.05, 0.1) is 13.4 Å². The first kappa shape index (κ1) is 28.5. The van der Waals surface area contributed by atoms with E-state index in [1.807, 2.05) is 54.3 Å². The summed E-state index contributed by atoms with van der Waals surface area (Å²) in [5, 5.41) is 9.87. The van der Waals surface area contributed by atoms with E-state index in [4.69, 9.17) is 9.15 Å². The average molecular weight is 574 g/mol. The molecule has 1 aliphatic heterocycles. The number of carbonyl (C=O) groups excluding carboxylic acids is 2. The Balaban J connectivity index is 1.13. The lowest BCUT2D eigenvalue weighted by Crippen LogP contribution is -2.55. The molecule has 1 aliphatic rings. The number of benzene rings is 2. The largest absolute Gasteiger partial charge is 0.497 e. The summed E-state index contributed by atoms with van der Waals surface area (Å²) in [4.78, 5) is 29.2. The predicted molar refractivity (Wildman–Crippen MR) is 158 cm³/mol. The fourth-order valence-electron chi connectivity index (χ4n) is 5.00. The number of thioether (sulfide) groups is 1. The third-order valence-electron chi connectivity index (χ3n) is 7.23. The van der Waals surface area contributed by atoms with Crippen molar-refractivity contribution in [2.75, 3.05) is 32.5 Å². The summed E-state index contributed by atoms with van der Waals surface area (Å²) in [7, 11) is 1.66. The van der Waals surface area contributed by atoms with Gasteiger partial charge in [0.25, 0.3) is 5.91 Å². The molecular weight excluding hydrogens is 538 g/mol. The van der Waals surface area contributed by atoms with Crippen LogP contribution in [0, 0.1) is 0 Å². The maximum absolute atomic E-state index is 12.9. The van der Waals surface area contributed by atoms with Gasteiger partial charge in [-0.1, -0.05) is 42.1 Å². The molecule has 0 saturated carbocycles. The van der Waals surface area contributed by atoms with E-state index in [0.29, 0.717) is 38.2 Å². The zero-order valence-corrected chi connectivity index (χ0v) is 24.3. The zero-order valence-electron chi connectivity index (χ0n) is 23.4. The van der Waals surface area contributed by atoms with Crippen LogP contribution in [0.1, 0.15) is 48.1 Å². The highest BCUT2D eigenvalue weighted by Gasteiger charge is 2.31. The summed E-state index contributed by atoms with van der Waals surface area (Å²) in [6.45, 7) is 3.56. The fraction of sp³-hybridized carbons (Fsp3) is 0.355. The second-order valence-corrected chi connectivity index (χ2v) is 11.1. The van der Waals surface area contributed by atoms with Crippen LogP contribution in [0.2, 0.25) is 0 Å². The van der Waals surface area contributed by atoms with Crippen LogP contribution in [0.25, 0.3) is 5.69 Å². The summed E-state index contributed by atoms with van der Waals surface area (Å²) in [6, 6.07) is 21.5. The van der Waals surface area contributed by atoms with E-state index in [2.05, 4.69) is 26.9 Å². The van der Waals surface area contributed by atoms with E-state index in [1.165, 1.54) is 11.8 Å². The van der Waals surface area contributed by atoms with Crippen molar-refractivity contribution in [2.45, 2.75) is 43.8 Å². The molecule has 0 spiro atoms. The second kappa shape index (κ2) is 13.5. The van der Waals surface area contributed by atoms with Gasteiger partial charge in [0.15, 0.2) is 10.9 Å². The number of furan rings is 1. The molecule has 0 bridgehead atoms. The van der Waals surface area contributed by atoms with Gasteiger partial charge in [-0.2, -0.15) is 0 Å². The molecule has 0 radical (unpaired) electrons. The second-order valence-electron chi connectivity index (χ2n) is 10.1. The lowest BCUT2D eigenvalue weighted by Gasteiger charge is -2.39. The molecule has 2 aromatic carbocycles. The SMILES string of the molecule is COc1ccc(-n2c(Cc3ccccc3)nnc2SCCCCC(=O)N2CCN(C(=O)c3ccco3)C(C)C2)cc1. The van der Waals surface area contributed by atoms with Gasteiger partial charge < -0.3 is 19.0 Å². The molecular formula is C31H35N5O4S. The van der Waals surface area contributed by atoms with E-state index in [0.717, 1.165) is 41.0 Å². The standard InChI is InChI=1S/C31H35N5O4S/c1-23-22-34(17-18-35(23)30(38)27-11-8-19-40-27)29(37)12-6-7-20-41-31-33-32-28(21-24-9-4-3-5-10-24)36(31)25-13-15-26(39-2)16-14-25/h3-5,8-11,13-16,19,23H,6-7,12,17-18,20-22H2,1-2H3. The number of aromatic nitrogens is 3. The average Bonchev–Trinajstić information content (AvgIpc) is 3.68. The Labute approximate surface area is 244 Å². The molecule has 1 atom stereocenters. The number of rotatable bonds is 11. The smallest absolute Gasteiger partial charge is 0.289 e. The van der Waals surface area contributed by atoms with E-state index < -0.39 is 0 Å². The Morgan fingerprint density at radius 1 is 1.00 bits per heavy atom. The van der Waals surface area contributed by atoms with Crippen LogP contribution in [0.4, 0.5) is 0 Å². The normalized spacial score (nSPS) is 15.2. The quantitative estimate of drug-likeness (QED) is 0.182. The Morgan fingerprint density at radius 3 is 2.51 bits per heavy atom. The molecule has 2 amide bonds. The minimum atomic E-state index is -0.124. The van der Waals surface area contributed by atoms with Crippen LogP contribution in [-0.2, 0) is 11.2 Å². The summed E-state index contributed by atoms with van der Waals surface area (Å²) in [5.74, 6) is 2.85. The van der Waals surface area contributed by atoms with Crippen molar-refractivity contribution in [3.63, 3.8) is 0 Å². The molecule has 214 valence electrons. The first-order chi connectivity index (χ1) is 20.0. The lowest BCUT2D eigenvalue weighted by molar-refractivity contribution is -0.133. The Kier molecular flexibility index (Phi) is 9.40. The molecule has 2 aromatic heterocycles. The van der Waals surface area contributed by atoms with Crippen LogP contribution in [0.5, 0.6) is 5.75 Å².